The number of rotatable bonds is 4. The minimum Gasteiger partial charge on any atom is -0.258 e. The third kappa shape index (κ3) is 3.61. The second kappa shape index (κ2) is 7.13. The van der Waals surface area contributed by atoms with Crippen molar-refractivity contribution in [1.29, 1.82) is 0 Å². The van der Waals surface area contributed by atoms with Crippen LogP contribution in [-0.4, -0.2) is 30.4 Å². The quantitative estimate of drug-likeness (QED) is 0.599. The van der Waals surface area contributed by atoms with Gasteiger partial charge < -0.3 is 0 Å². The van der Waals surface area contributed by atoms with Crippen LogP contribution in [0.2, 0.25) is 0 Å². The van der Waals surface area contributed by atoms with Crippen LogP contribution in [0.25, 0.3) is 0 Å². The van der Waals surface area contributed by atoms with Crippen molar-refractivity contribution in [3.63, 3.8) is 0 Å². The molecule has 0 N–H and O–H groups in total. The normalized spacial score (nSPS) is 21.5. The maximum atomic E-state index is 14.0. The van der Waals surface area contributed by atoms with E-state index in [9.17, 15) is 22.9 Å². The molecule has 1 aliphatic rings. The van der Waals surface area contributed by atoms with Gasteiger partial charge in [0.25, 0.3) is 5.69 Å². The van der Waals surface area contributed by atoms with E-state index in [2.05, 4.69) is 0 Å². The van der Waals surface area contributed by atoms with Gasteiger partial charge in [-0.05, 0) is 37.5 Å². The minimum atomic E-state index is -3.79. The zero-order chi connectivity index (χ0) is 18.9. The molecule has 8 heteroatoms. The smallest absolute Gasteiger partial charge is 0.258 e. The summed E-state index contributed by atoms with van der Waals surface area (Å²) in [7, 11) is -3.79. The highest BCUT2D eigenvalue weighted by molar-refractivity contribution is 7.89. The first kappa shape index (κ1) is 18.5. The first-order valence-electron chi connectivity index (χ1n) is 8.26. The molecular formula is C18H19FN2O4S. The fourth-order valence-corrected chi connectivity index (χ4v) is 4.79. The highest BCUT2D eigenvalue weighted by Crippen LogP contribution is 2.37. The van der Waals surface area contributed by atoms with Gasteiger partial charge in [0.15, 0.2) is 0 Å². The van der Waals surface area contributed by atoms with E-state index in [4.69, 9.17) is 0 Å². The lowest BCUT2D eigenvalue weighted by Crippen LogP contribution is -2.41. The van der Waals surface area contributed by atoms with Crippen LogP contribution in [0.15, 0.2) is 53.4 Å². The molecule has 0 bridgehead atoms. The molecule has 2 atom stereocenters. The van der Waals surface area contributed by atoms with Crippen LogP contribution in [0.5, 0.6) is 0 Å². The number of alkyl halides is 1. The molecule has 0 saturated carbocycles. The van der Waals surface area contributed by atoms with Crippen LogP contribution >= 0.6 is 0 Å². The van der Waals surface area contributed by atoms with Gasteiger partial charge in [-0.2, -0.15) is 4.31 Å². The van der Waals surface area contributed by atoms with E-state index in [1.165, 1.54) is 28.6 Å². The highest BCUT2D eigenvalue weighted by atomic mass is 32.2. The molecule has 0 aromatic heterocycles. The summed E-state index contributed by atoms with van der Waals surface area (Å²) in [5.41, 5.74) is 1.40. The molecule has 26 heavy (non-hydrogen) atoms. The molecule has 1 aliphatic heterocycles. The van der Waals surface area contributed by atoms with Crippen molar-refractivity contribution in [2.75, 3.05) is 6.54 Å². The lowest BCUT2D eigenvalue weighted by molar-refractivity contribution is -0.384. The summed E-state index contributed by atoms with van der Waals surface area (Å²) < 4.78 is 41.4. The number of piperidine rings is 1. The monoisotopic (exact) mass is 378 g/mol. The Bertz CT molecular complexity index is 898. The molecule has 2 aromatic rings. The Kier molecular flexibility index (Phi) is 5.06. The fourth-order valence-electron chi connectivity index (χ4n) is 3.15. The van der Waals surface area contributed by atoms with Gasteiger partial charge in [0, 0.05) is 18.7 Å². The summed E-state index contributed by atoms with van der Waals surface area (Å²) in [5, 5.41) is 10.8. The van der Waals surface area contributed by atoms with Crippen LogP contribution in [0.4, 0.5) is 10.1 Å². The number of nitro groups is 1. The van der Waals surface area contributed by atoms with E-state index in [0.29, 0.717) is 5.56 Å². The summed E-state index contributed by atoms with van der Waals surface area (Å²) in [6.07, 6.45) is -0.947. The highest BCUT2D eigenvalue weighted by Gasteiger charge is 2.37. The molecular weight excluding hydrogens is 359 g/mol. The largest absolute Gasteiger partial charge is 0.269 e. The molecule has 3 rings (SSSR count). The Morgan fingerprint density at radius 2 is 1.73 bits per heavy atom. The second-order valence-corrected chi connectivity index (χ2v) is 8.31. The average molecular weight is 378 g/mol. The van der Waals surface area contributed by atoms with E-state index >= 15 is 0 Å². The van der Waals surface area contributed by atoms with Crippen molar-refractivity contribution < 1.29 is 17.7 Å². The lowest BCUT2D eigenvalue weighted by Gasteiger charge is -2.36. The van der Waals surface area contributed by atoms with Gasteiger partial charge in [-0.3, -0.25) is 10.1 Å². The van der Waals surface area contributed by atoms with Crippen molar-refractivity contribution in [1.82, 2.24) is 4.31 Å². The molecule has 0 amide bonds. The van der Waals surface area contributed by atoms with Crippen LogP contribution in [-0.2, 0) is 10.0 Å². The number of sulfonamides is 1. The molecule has 0 aliphatic carbocycles. The average Bonchev–Trinajstić information content (AvgIpc) is 2.62. The van der Waals surface area contributed by atoms with Gasteiger partial charge in [0.05, 0.1) is 15.9 Å². The van der Waals surface area contributed by atoms with Crippen molar-refractivity contribution >= 4 is 15.7 Å². The first-order chi connectivity index (χ1) is 12.3. The number of halogens is 1. The van der Waals surface area contributed by atoms with Crippen LogP contribution < -0.4 is 0 Å². The number of non-ortho nitro benzene ring substituents is 1. The van der Waals surface area contributed by atoms with E-state index in [1.54, 1.807) is 24.3 Å². The molecule has 0 spiro atoms. The van der Waals surface area contributed by atoms with E-state index in [1.807, 2.05) is 6.92 Å². The van der Waals surface area contributed by atoms with Crippen molar-refractivity contribution in [2.24, 2.45) is 0 Å². The number of aryl methyl sites for hydroxylation is 1. The molecule has 0 radical (unpaired) electrons. The number of nitro benzene ring substituents is 1. The predicted molar refractivity (Wildman–Crippen MR) is 95.0 cm³/mol. The molecule has 0 unspecified atom stereocenters. The standard InChI is InChI=1S/C18H19FN2O4S/c1-13-2-8-17(9-3-13)26(24,25)20-11-10-15(19)12-18(20)14-4-6-16(7-5-14)21(22)23/h2-9,15,18H,10-12H2,1H3/t15-,18+/m0/s1. The summed E-state index contributed by atoms with van der Waals surface area (Å²) in [4.78, 5) is 10.5. The summed E-state index contributed by atoms with van der Waals surface area (Å²) >= 11 is 0. The number of benzene rings is 2. The maximum absolute atomic E-state index is 14.0. The van der Waals surface area contributed by atoms with Gasteiger partial charge in [-0.25, -0.2) is 12.8 Å². The topological polar surface area (TPSA) is 80.5 Å². The first-order valence-corrected chi connectivity index (χ1v) is 9.70. The third-order valence-electron chi connectivity index (χ3n) is 4.61. The zero-order valence-corrected chi connectivity index (χ0v) is 15.0. The minimum absolute atomic E-state index is 0.0307. The van der Waals surface area contributed by atoms with Gasteiger partial charge >= 0.3 is 0 Å². The van der Waals surface area contributed by atoms with Gasteiger partial charge in [-0.1, -0.05) is 29.8 Å². The van der Waals surface area contributed by atoms with Crippen LogP contribution in [0.1, 0.15) is 30.0 Å². The molecule has 1 heterocycles. The number of hydrogen-bond donors (Lipinski definition) is 0. The molecule has 138 valence electrons. The van der Waals surface area contributed by atoms with Crippen LogP contribution in [0, 0.1) is 17.0 Å². The number of hydrogen-bond acceptors (Lipinski definition) is 4. The second-order valence-electron chi connectivity index (χ2n) is 6.41. The van der Waals surface area contributed by atoms with E-state index < -0.39 is 27.2 Å². The third-order valence-corrected chi connectivity index (χ3v) is 6.53. The van der Waals surface area contributed by atoms with Crippen molar-refractivity contribution in [2.45, 2.75) is 36.9 Å². The van der Waals surface area contributed by atoms with Gasteiger partial charge in [0.2, 0.25) is 10.0 Å². The Labute approximate surface area is 151 Å². The Morgan fingerprint density at radius 3 is 2.31 bits per heavy atom. The van der Waals surface area contributed by atoms with Crippen LogP contribution in [0.3, 0.4) is 0 Å². The maximum Gasteiger partial charge on any atom is 0.269 e. The fraction of sp³-hybridized carbons (Fsp3) is 0.333. The summed E-state index contributed by atoms with van der Waals surface area (Å²) in [6, 6.07) is 11.5. The van der Waals surface area contributed by atoms with Gasteiger partial charge in [-0.15, -0.1) is 0 Å². The van der Waals surface area contributed by atoms with E-state index in [-0.39, 0.29) is 30.0 Å². The molecule has 1 fully saturated rings. The van der Waals surface area contributed by atoms with Crippen molar-refractivity contribution in [3.8, 4) is 0 Å². The molecule has 6 nitrogen and oxygen atoms in total. The Morgan fingerprint density at radius 1 is 1.12 bits per heavy atom. The zero-order valence-electron chi connectivity index (χ0n) is 14.2. The Balaban J connectivity index is 1.98. The van der Waals surface area contributed by atoms with Crippen molar-refractivity contribution in [3.05, 3.63) is 69.8 Å². The Hall–Kier alpha value is -2.32. The summed E-state index contributed by atoms with van der Waals surface area (Å²) in [5.74, 6) is 0. The SMILES string of the molecule is Cc1ccc(S(=O)(=O)N2CC[C@H](F)C[C@@H]2c2ccc([N+](=O)[O-])cc2)cc1. The lowest BCUT2D eigenvalue weighted by atomic mass is 9.96. The number of nitrogens with zero attached hydrogens (tertiary/aromatic N) is 2. The summed E-state index contributed by atoms with van der Waals surface area (Å²) in [6.45, 7) is 1.93. The molecule has 1 saturated heterocycles. The van der Waals surface area contributed by atoms with Gasteiger partial charge in [0.1, 0.15) is 6.17 Å². The predicted octanol–water partition coefficient (Wildman–Crippen LogP) is 3.77. The van der Waals surface area contributed by atoms with E-state index in [0.717, 1.165) is 5.56 Å². The molecule has 2 aromatic carbocycles.